The van der Waals surface area contributed by atoms with E-state index in [1.165, 1.54) is 34.6 Å². The predicted molar refractivity (Wildman–Crippen MR) is 87.6 cm³/mol. The van der Waals surface area contributed by atoms with Crippen LogP contribution in [-0.2, 0) is 12.3 Å². The third-order valence-corrected chi connectivity index (χ3v) is 5.10. The summed E-state index contributed by atoms with van der Waals surface area (Å²) >= 11 is 0. The Morgan fingerprint density at radius 1 is 0.632 bits per heavy atom. The Morgan fingerprint density at radius 3 is 1.26 bits per heavy atom. The van der Waals surface area contributed by atoms with Gasteiger partial charge in [-0.25, -0.2) is 0 Å². The van der Waals surface area contributed by atoms with Crippen molar-refractivity contribution in [3.63, 3.8) is 0 Å². The van der Waals surface area contributed by atoms with Crippen molar-refractivity contribution in [2.75, 3.05) is 0 Å². The molecule has 0 radical (unpaired) electrons. The van der Waals surface area contributed by atoms with Crippen LogP contribution in [-0.4, -0.2) is 0 Å². The Bertz CT molecular complexity index is 478. The van der Waals surface area contributed by atoms with Crippen molar-refractivity contribution in [2.24, 2.45) is 0 Å². The molecular weight excluding hydrogens is 247 g/mol. The standard InChI is InChI=1S/C18H23P/c1-13-7-5-8-14(2)17(13)11-19-12-18-15(3)9-6-10-16(18)4/h5-10,19H,11-12H2,1-4H3. The van der Waals surface area contributed by atoms with Gasteiger partial charge in [-0.3, -0.25) is 0 Å². The van der Waals surface area contributed by atoms with Crippen molar-refractivity contribution < 1.29 is 0 Å². The van der Waals surface area contributed by atoms with E-state index in [1.807, 2.05) is 0 Å². The molecule has 0 amide bonds. The lowest BCUT2D eigenvalue weighted by Gasteiger charge is -2.12. The van der Waals surface area contributed by atoms with Gasteiger partial charge < -0.3 is 0 Å². The summed E-state index contributed by atoms with van der Waals surface area (Å²) in [7, 11) is 0.973. The first kappa shape index (κ1) is 14.3. The maximum atomic E-state index is 2.23. The topological polar surface area (TPSA) is 0 Å². The van der Waals surface area contributed by atoms with Crippen LogP contribution in [0.25, 0.3) is 0 Å². The number of hydrogen-bond donors (Lipinski definition) is 0. The van der Waals surface area contributed by atoms with Gasteiger partial charge in [-0.15, -0.1) is 8.58 Å². The highest BCUT2D eigenvalue weighted by Crippen LogP contribution is 2.29. The first-order chi connectivity index (χ1) is 9.09. The van der Waals surface area contributed by atoms with Gasteiger partial charge >= 0.3 is 0 Å². The average molecular weight is 270 g/mol. The average Bonchev–Trinajstić information content (AvgIpc) is 2.36. The second-order valence-corrected chi connectivity index (χ2v) is 6.55. The minimum atomic E-state index is 0.973. The summed E-state index contributed by atoms with van der Waals surface area (Å²) in [6.07, 6.45) is 2.43. The molecule has 2 rings (SSSR count). The van der Waals surface area contributed by atoms with Gasteiger partial charge in [0, 0.05) is 0 Å². The van der Waals surface area contributed by atoms with Gasteiger partial charge in [-0.2, -0.15) is 0 Å². The zero-order chi connectivity index (χ0) is 13.8. The van der Waals surface area contributed by atoms with Crippen LogP contribution in [0.3, 0.4) is 0 Å². The molecular formula is C18H23P. The van der Waals surface area contributed by atoms with Crippen LogP contribution >= 0.6 is 8.58 Å². The molecule has 19 heavy (non-hydrogen) atoms. The molecule has 0 fully saturated rings. The lowest BCUT2D eigenvalue weighted by molar-refractivity contribution is 1.20. The van der Waals surface area contributed by atoms with Crippen molar-refractivity contribution in [1.82, 2.24) is 0 Å². The molecule has 0 bridgehead atoms. The second-order valence-electron chi connectivity index (χ2n) is 5.34. The smallest absolute Gasteiger partial charge is 0.00924 e. The number of hydrogen-bond acceptors (Lipinski definition) is 0. The number of aryl methyl sites for hydroxylation is 4. The lowest BCUT2D eigenvalue weighted by atomic mass is 10.0. The third-order valence-electron chi connectivity index (χ3n) is 3.89. The molecule has 1 heteroatoms. The summed E-state index contributed by atoms with van der Waals surface area (Å²) in [6.45, 7) is 8.91. The molecule has 0 saturated carbocycles. The lowest BCUT2D eigenvalue weighted by Crippen LogP contribution is -1.93. The first-order valence-corrected chi connectivity index (χ1v) is 8.32. The van der Waals surface area contributed by atoms with Gasteiger partial charge in [-0.1, -0.05) is 36.4 Å². The van der Waals surface area contributed by atoms with Gasteiger partial charge in [0.2, 0.25) is 0 Å². The highest BCUT2D eigenvalue weighted by atomic mass is 31.1. The second kappa shape index (κ2) is 6.35. The molecule has 0 aliphatic carbocycles. The minimum absolute atomic E-state index is 0.973. The van der Waals surface area contributed by atoms with Crippen LogP contribution in [0.15, 0.2) is 36.4 Å². The molecule has 0 aromatic heterocycles. The van der Waals surface area contributed by atoms with Gasteiger partial charge in [0.15, 0.2) is 0 Å². The summed E-state index contributed by atoms with van der Waals surface area (Å²) in [6, 6.07) is 13.2. The van der Waals surface area contributed by atoms with E-state index < -0.39 is 0 Å². The first-order valence-electron chi connectivity index (χ1n) is 6.90. The molecule has 0 heterocycles. The summed E-state index contributed by atoms with van der Waals surface area (Å²) < 4.78 is 0. The fourth-order valence-corrected chi connectivity index (χ4v) is 4.31. The number of rotatable bonds is 4. The van der Waals surface area contributed by atoms with Crippen molar-refractivity contribution in [2.45, 2.75) is 40.0 Å². The fourth-order valence-electron chi connectivity index (χ4n) is 2.57. The van der Waals surface area contributed by atoms with E-state index in [0.717, 1.165) is 8.58 Å². The van der Waals surface area contributed by atoms with Crippen LogP contribution in [0, 0.1) is 27.7 Å². The predicted octanol–water partition coefficient (Wildman–Crippen LogP) is 5.30. The minimum Gasteiger partial charge on any atom is -0.113 e. The summed E-state index contributed by atoms with van der Waals surface area (Å²) in [5.41, 5.74) is 8.85. The fraction of sp³-hybridized carbons (Fsp3) is 0.333. The van der Waals surface area contributed by atoms with Crippen molar-refractivity contribution in [3.05, 3.63) is 69.8 Å². The molecule has 2 aromatic carbocycles. The normalized spacial score (nSPS) is 10.7. The van der Waals surface area contributed by atoms with Crippen LogP contribution < -0.4 is 0 Å². The summed E-state index contributed by atoms with van der Waals surface area (Å²) in [4.78, 5) is 0. The number of benzene rings is 2. The molecule has 0 atom stereocenters. The molecule has 2 aromatic rings. The third kappa shape index (κ3) is 3.45. The molecule has 0 saturated heterocycles. The molecule has 0 aliphatic rings. The van der Waals surface area contributed by atoms with E-state index >= 15 is 0 Å². The Labute approximate surface area is 119 Å². The van der Waals surface area contributed by atoms with Crippen LogP contribution in [0.5, 0.6) is 0 Å². The van der Waals surface area contributed by atoms with Crippen molar-refractivity contribution in [1.29, 1.82) is 0 Å². The molecule has 0 nitrogen and oxygen atoms in total. The Morgan fingerprint density at radius 2 is 0.947 bits per heavy atom. The zero-order valence-corrected chi connectivity index (χ0v) is 13.4. The van der Waals surface area contributed by atoms with Crippen molar-refractivity contribution >= 4 is 8.58 Å². The Kier molecular flexibility index (Phi) is 4.77. The monoisotopic (exact) mass is 270 g/mol. The van der Waals surface area contributed by atoms with E-state index in [1.54, 1.807) is 11.1 Å². The van der Waals surface area contributed by atoms with Crippen LogP contribution in [0.2, 0.25) is 0 Å². The Hall–Kier alpha value is -1.13. The van der Waals surface area contributed by atoms with Gasteiger partial charge in [0.1, 0.15) is 0 Å². The summed E-state index contributed by atoms with van der Waals surface area (Å²) in [5, 5.41) is 0. The molecule has 0 N–H and O–H groups in total. The van der Waals surface area contributed by atoms with Gasteiger partial charge in [0.05, 0.1) is 0 Å². The maximum Gasteiger partial charge on any atom is -0.00924 e. The van der Waals surface area contributed by atoms with Crippen LogP contribution in [0.4, 0.5) is 0 Å². The maximum absolute atomic E-state index is 2.23. The van der Waals surface area contributed by atoms with E-state index in [0.29, 0.717) is 0 Å². The molecule has 100 valence electrons. The van der Waals surface area contributed by atoms with Crippen molar-refractivity contribution in [3.8, 4) is 0 Å². The van der Waals surface area contributed by atoms with E-state index in [-0.39, 0.29) is 0 Å². The Balaban J connectivity index is 2.05. The SMILES string of the molecule is Cc1cccc(C)c1CPCc1c(C)cccc1C. The van der Waals surface area contributed by atoms with E-state index in [9.17, 15) is 0 Å². The molecule has 0 unspecified atom stereocenters. The van der Waals surface area contributed by atoms with Gasteiger partial charge in [0.25, 0.3) is 0 Å². The van der Waals surface area contributed by atoms with Gasteiger partial charge in [-0.05, 0) is 73.4 Å². The highest BCUT2D eigenvalue weighted by molar-refractivity contribution is 7.36. The molecule has 0 spiro atoms. The highest BCUT2D eigenvalue weighted by Gasteiger charge is 2.05. The van der Waals surface area contributed by atoms with E-state index in [2.05, 4.69) is 64.1 Å². The zero-order valence-electron chi connectivity index (χ0n) is 12.4. The van der Waals surface area contributed by atoms with Crippen LogP contribution in [0.1, 0.15) is 33.4 Å². The summed E-state index contributed by atoms with van der Waals surface area (Å²) in [5.74, 6) is 0. The molecule has 0 aliphatic heterocycles. The largest absolute Gasteiger partial charge is 0.113 e. The van der Waals surface area contributed by atoms with E-state index in [4.69, 9.17) is 0 Å². The quantitative estimate of drug-likeness (QED) is 0.661.